The third kappa shape index (κ3) is 9.31. The van der Waals surface area contributed by atoms with Gasteiger partial charge in [-0.2, -0.15) is 4.31 Å². The minimum Gasteiger partial charge on any atom is -0.497 e. The molecule has 260 valence electrons. The number of carbonyl (C=O) groups excluding carboxylic acids is 2. The average Bonchev–Trinajstić information content (AvgIpc) is 3.09. The van der Waals surface area contributed by atoms with Crippen LogP contribution in [0.3, 0.4) is 0 Å². The fourth-order valence-electron chi connectivity index (χ4n) is 5.45. The van der Waals surface area contributed by atoms with E-state index in [1.807, 2.05) is 13.8 Å². The lowest BCUT2D eigenvalue weighted by atomic mass is 10.0. The molecule has 3 aromatic rings. The lowest BCUT2D eigenvalue weighted by Gasteiger charge is -2.35. The molecule has 0 fully saturated rings. The maximum atomic E-state index is 14.3. The Hall–Kier alpha value is -4.04. The summed E-state index contributed by atoms with van der Waals surface area (Å²) < 4.78 is 46.0. The first-order chi connectivity index (χ1) is 22.9. The molecular formula is C35H46N4O8S. The summed E-state index contributed by atoms with van der Waals surface area (Å²) in [5, 5.41) is 13.1. The van der Waals surface area contributed by atoms with Crippen LogP contribution < -0.4 is 14.8 Å². The van der Waals surface area contributed by atoms with Gasteiger partial charge in [-0.25, -0.2) is 8.42 Å². The number of nitrogens with one attached hydrogen (secondary N) is 1. The number of amides is 2. The number of ether oxygens (including phenoxy) is 3. The lowest BCUT2D eigenvalue weighted by molar-refractivity contribution is -0.00834. The van der Waals surface area contributed by atoms with Crippen molar-refractivity contribution in [2.24, 2.45) is 5.92 Å². The van der Waals surface area contributed by atoms with Gasteiger partial charge < -0.3 is 29.5 Å². The van der Waals surface area contributed by atoms with E-state index in [0.29, 0.717) is 35.8 Å². The van der Waals surface area contributed by atoms with E-state index in [-0.39, 0.29) is 48.1 Å². The normalized spacial score (nSPS) is 20.3. The number of hydrogen-bond acceptors (Lipinski definition) is 9. The second-order valence-corrected chi connectivity index (χ2v) is 14.2. The van der Waals surface area contributed by atoms with Gasteiger partial charge in [0, 0.05) is 56.3 Å². The van der Waals surface area contributed by atoms with Crippen LogP contribution in [0, 0.1) is 5.92 Å². The number of carbonyl (C=O) groups is 2. The highest BCUT2D eigenvalue weighted by Crippen LogP contribution is 2.29. The third-order valence-electron chi connectivity index (χ3n) is 8.46. The summed E-state index contributed by atoms with van der Waals surface area (Å²) in [5.74, 6) is -0.180. The molecule has 2 aromatic carbocycles. The molecule has 0 bridgehead atoms. The molecule has 0 spiro atoms. The van der Waals surface area contributed by atoms with Gasteiger partial charge in [-0.3, -0.25) is 14.6 Å². The summed E-state index contributed by atoms with van der Waals surface area (Å²) in [6, 6.07) is 13.7. The summed E-state index contributed by atoms with van der Waals surface area (Å²) in [5.41, 5.74) is 1.05. The molecule has 0 unspecified atom stereocenters. The van der Waals surface area contributed by atoms with Crippen LogP contribution in [0.15, 0.2) is 71.9 Å². The Morgan fingerprint density at radius 1 is 1.12 bits per heavy atom. The molecule has 1 aromatic heterocycles. The number of sulfonamides is 1. The van der Waals surface area contributed by atoms with Gasteiger partial charge in [0.05, 0.1) is 42.4 Å². The minimum absolute atomic E-state index is 0.0480. The molecule has 2 heterocycles. The van der Waals surface area contributed by atoms with Crippen molar-refractivity contribution in [2.45, 2.75) is 63.2 Å². The Morgan fingerprint density at radius 2 is 1.83 bits per heavy atom. The van der Waals surface area contributed by atoms with E-state index in [0.717, 1.165) is 12.8 Å². The van der Waals surface area contributed by atoms with Crippen molar-refractivity contribution in [1.82, 2.24) is 14.2 Å². The first-order valence-corrected chi connectivity index (χ1v) is 17.5. The van der Waals surface area contributed by atoms with Crippen molar-refractivity contribution in [3.8, 4) is 11.5 Å². The van der Waals surface area contributed by atoms with Crippen molar-refractivity contribution in [3.05, 3.63) is 78.1 Å². The van der Waals surface area contributed by atoms with Gasteiger partial charge in [-0.05, 0) is 87.7 Å². The van der Waals surface area contributed by atoms with Crippen LogP contribution in [0.25, 0.3) is 0 Å². The smallest absolute Gasteiger partial charge is 0.258 e. The van der Waals surface area contributed by atoms with Gasteiger partial charge in [0.2, 0.25) is 10.0 Å². The van der Waals surface area contributed by atoms with Crippen molar-refractivity contribution in [2.75, 3.05) is 45.8 Å². The molecule has 4 atom stereocenters. The van der Waals surface area contributed by atoms with Crippen LogP contribution in [0.1, 0.15) is 60.7 Å². The summed E-state index contributed by atoms with van der Waals surface area (Å²) in [7, 11) is -0.827. The number of pyridine rings is 1. The summed E-state index contributed by atoms with van der Waals surface area (Å²) in [6.45, 7) is 5.87. The van der Waals surface area contributed by atoms with Crippen molar-refractivity contribution >= 4 is 27.5 Å². The number of methoxy groups -OCH3 is 1. The number of hydrogen-bond donors (Lipinski definition) is 2. The Balaban J connectivity index is 1.64. The zero-order chi connectivity index (χ0) is 34.8. The number of fused-ring (bicyclic) bond motifs is 1. The first-order valence-electron chi connectivity index (χ1n) is 16.1. The maximum Gasteiger partial charge on any atom is 0.258 e. The number of aliphatic hydroxyl groups excluding tert-OH is 1. The highest BCUT2D eigenvalue weighted by atomic mass is 32.2. The fourth-order valence-corrected chi connectivity index (χ4v) is 6.63. The molecule has 4 rings (SSSR count). The third-order valence-corrected chi connectivity index (χ3v) is 10.3. The Morgan fingerprint density at radius 3 is 2.50 bits per heavy atom. The second-order valence-electron chi connectivity index (χ2n) is 12.2. The molecule has 0 radical (unpaired) electrons. The number of rotatable bonds is 9. The van der Waals surface area contributed by atoms with Gasteiger partial charge in [0.15, 0.2) is 0 Å². The number of benzene rings is 2. The number of nitrogens with zero attached hydrogens (tertiary/aromatic N) is 3. The quantitative estimate of drug-likeness (QED) is 0.334. The highest BCUT2D eigenvalue weighted by Gasteiger charge is 2.32. The number of aromatic nitrogens is 1. The number of likely N-dealkylation sites (N-methyl/N-ethyl adjacent to an activating group) is 1. The van der Waals surface area contributed by atoms with Crippen LogP contribution in [0.5, 0.6) is 11.5 Å². The molecule has 0 saturated heterocycles. The average molecular weight is 683 g/mol. The van der Waals surface area contributed by atoms with E-state index in [1.54, 1.807) is 54.3 Å². The van der Waals surface area contributed by atoms with Crippen molar-refractivity contribution in [1.29, 1.82) is 0 Å². The zero-order valence-corrected chi connectivity index (χ0v) is 29.0. The summed E-state index contributed by atoms with van der Waals surface area (Å²) in [4.78, 5) is 32.9. The molecule has 13 heteroatoms. The van der Waals surface area contributed by atoms with E-state index in [9.17, 15) is 23.1 Å². The van der Waals surface area contributed by atoms with Gasteiger partial charge in [-0.1, -0.05) is 6.92 Å². The predicted molar refractivity (Wildman–Crippen MR) is 182 cm³/mol. The van der Waals surface area contributed by atoms with Crippen molar-refractivity contribution in [3.63, 3.8) is 0 Å². The molecule has 0 aliphatic carbocycles. The Bertz CT molecular complexity index is 1620. The van der Waals surface area contributed by atoms with E-state index < -0.39 is 28.1 Å². The second kappa shape index (κ2) is 16.9. The fraction of sp³-hybridized carbons (Fsp3) is 0.457. The molecule has 2 N–H and O–H groups in total. The van der Waals surface area contributed by atoms with Crippen LogP contribution in [0.4, 0.5) is 5.69 Å². The summed E-state index contributed by atoms with van der Waals surface area (Å²) >= 11 is 0. The Labute approximate surface area is 283 Å². The van der Waals surface area contributed by atoms with Gasteiger partial charge >= 0.3 is 0 Å². The van der Waals surface area contributed by atoms with Crippen LogP contribution in [-0.2, 0) is 14.8 Å². The topological polar surface area (TPSA) is 148 Å². The van der Waals surface area contributed by atoms with Crippen molar-refractivity contribution < 1.29 is 37.3 Å². The maximum absolute atomic E-state index is 14.3. The van der Waals surface area contributed by atoms with Gasteiger partial charge in [-0.15, -0.1) is 0 Å². The van der Waals surface area contributed by atoms with E-state index >= 15 is 0 Å². The molecule has 2 amide bonds. The van der Waals surface area contributed by atoms with Gasteiger partial charge in [0.1, 0.15) is 11.5 Å². The largest absolute Gasteiger partial charge is 0.497 e. The highest BCUT2D eigenvalue weighted by molar-refractivity contribution is 7.89. The molecule has 12 nitrogen and oxygen atoms in total. The van der Waals surface area contributed by atoms with Crippen LogP contribution >= 0.6 is 0 Å². The Kier molecular flexibility index (Phi) is 12.9. The lowest BCUT2D eigenvalue weighted by Crippen LogP contribution is -2.48. The van der Waals surface area contributed by atoms with Crippen LogP contribution in [-0.4, -0.2) is 98.2 Å². The predicted octanol–water partition coefficient (Wildman–Crippen LogP) is 4.46. The number of aliphatic hydroxyl groups is 1. The minimum atomic E-state index is -3.85. The standard InChI is InChI=1S/C35H46N4O8S/c1-24-21-39(25(2)23-40)35(42)31-20-28(37-34(41)27-15-17-36-18-16-27)9-14-32(31)47-26(3)8-6-7-19-46-33(24)22-38(4)48(43,44)30-12-10-29(45-5)11-13-30/h9-18,20,24-26,33,40H,6-8,19,21-23H2,1-5H3,(H,37,41)/t24-,25+,26+,33+/m1/s1. The number of anilines is 1. The zero-order valence-electron chi connectivity index (χ0n) is 28.2. The molecule has 1 aliphatic rings. The molecule has 48 heavy (non-hydrogen) atoms. The first kappa shape index (κ1) is 36.8. The molecule has 1 aliphatic heterocycles. The van der Waals surface area contributed by atoms with E-state index in [2.05, 4.69) is 10.3 Å². The van der Waals surface area contributed by atoms with Gasteiger partial charge in [0.25, 0.3) is 11.8 Å². The molecular weight excluding hydrogens is 636 g/mol. The SMILES string of the molecule is COc1ccc(S(=O)(=O)N(C)C[C@@H]2OCCCC[C@H](C)Oc3ccc(NC(=O)c4ccncc4)cc3C(=O)N([C@@H](C)CO)C[C@H]2C)cc1. The monoisotopic (exact) mass is 682 g/mol. The molecule has 0 saturated carbocycles. The summed E-state index contributed by atoms with van der Waals surface area (Å²) in [6.07, 6.45) is 4.47. The van der Waals surface area contributed by atoms with E-state index in [4.69, 9.17) is 14.2 Å². The van der Waals surface area contributed by atoms with Crippen LogP contribution in [0.2, 0.25) is 0 Å². The van der Waals surface area contributed by atoms with E-state index in [1.165, 1.54) is 43.0 Å².